The quantitative estimate of drug-likeness (QED) is 0.806. The topological polar surface area (TPSA) is 63.6 Å². The van der Waals surface area contributed by atoms with Crippen LogP contribution in [0.25, 0.3) is 0 Å². The highest BCUT2D eigenvalue weighted by molar-refractivity contribution is 6.28. The first kappa shape index (κ1) is 14.7. The van der Waals surface area contributed by atoms with Gasteiger partial charge in [0, 0.05) is 13.1 Å². The van der Waals surface area contributed by atoms with Crippen LogP contribution in [0.2, 0.25) is 5.28 Å². The van der Waals surface area contributed by atoms with Crippen molar-refractivity contribution in [1.29, 1.82) is 0 Å². The van der Waals surface area contributed by atoms with Gasteiger partial charge >= 0.3 is 0 Å². The maximum atomic E-state index is 6.11. The van der Waals surface area contributed by atoms with Gasteiger partial charge in [-0.25, -0.2) is 0 Å². The Hall–Kier alpha value is -1.18. The number of hydrogen-bond donors (Lipinski definition) is 0. The zero-order valence-electron chi connectivity index (χ0n) is 12.3. The minimum Gasteiger partial charge on any atom is -0.377 e. The van der Waals surface area contributed by atoms with Gasteiger partial charge in [-0.1, -0.05) is 0 Å². The van der Waals surface area contributed by atoms with Crippen LogP contribution in [0.1, 0.15) is 13.8 Å². The second-order valence-electron chi connectivity index (χ2n) is 5.44. The molecular formula is C13H20ClN5O2. The van der Waals surface area contributed by atoms with Crippen molar-refractivity contribution < 1.29 is 9.47 Å². The molecule has 0 aliphatic carbocycles. The molecule has 0 bridgehead atoms. The predicted molar refractivity (Wildman–Crippen MR) is 80.1 cm³/mol. The summed E-state index contributed by atoms with van der Waals surface area (Å²) in [4.78, 5) is 17.4. The fourth-order valence-corrected chi connectivity index (χ4v) is 2.79. The summed E-state index contributed by atoms with van der Waals surface area (Å²) in [6.45, 7) is 8.41. The van der Waals surface area contributed by atoms with E-state index in [1.807, 2.05) is 0 Å². The Balaban J connectivity index is 1.88. The van der Waals surface area contributed by atoms with Crippen LogP contribution in [-0.2, 0) is 9.47 Å². The van der Waals surface area contributed by atoms with E-state index in [4.69, 9.17) is 21.1 Å². The maximum absolute atomic E-state index is 6.11. The van der Waals surface area contributed by atoms with E-state index in [0.717, 1.165) is 13.1 Å². The van der Waals surface area contributed by atoms with Crippen molar-refractivity contribution >= 4 is 23.5 Å². The van der Waals surface area contributed by atoms with E-state index in [9.17, 15) is 0 Å². The van der Waals surface area contributed by atoms with Gasteiger partial charge in [-0.15, -0.1) is 0 Å². The molecule has 21 heavy (non-hydrogen) atoms. The molecule has 0 saturated carbocycles. The Morgan fingerprint density at radius 1 is 0.905 bits per heavy atom. The van der Waals surface area contributed by atoms with E-state index in [2.05, 4.69) is 38.6 Å². The Labute approximate surface area is 129 Å². The monoisotopic (exact) mass is 313 g/mol. The van der Waals surface area contributed by atoms with Crippen LogP contribution in [0.3, 0.4) is 0 Å². The lowest BCUT2D eigenvalue weighted by molar-refractivity contribution is 0.0969. The lowest BCUT2D eigenvalue weighted by Gasteiger charge is -2.35. The van der Waals surface area contributed by atoms with Crippen LogP contribution in [0, 0.1) is 0 Å². The van der Waals surface area contributed by atoms with Crippen molar-refractivity contribution in [2.45, 2.75) is 25.9 Å². The van der Waals surface area contributed by atoms with Gasteiger partial charge in [-0.3, -0.25) is 0 Å². The third kappa shape index (κ3) is 3.20. The summed E-state index contributed by atoms with van der Waals surface area (Å²) in [5.74, 6) is 1.25. The number of ether oxygens (including phenoxy) is 2. The van der Waals surface area contributed by atoms with E-state index in [-0.39, 0.29) is 17.4 Å². The van der Waals surface area contributed by atoms with Crippen molar-refractivity contribution in [2.75, 3.05) is 49.3 Å². The first-order valence-corrected chi connectivity index (χ1v) is 7.63. The van der Waals surface area contributed by atoms with E-state index < -0.39 is 0 Å². The van der Waals surface area contributed by atoms with Crippen molar-refractivity contribution in [3.05, 3.63) is 5.28 Å². The third-order valence-corrected chi connectivity index (χ3v) is 4.00. The van der Waals surface area contributed by atoms with E-state index in [1.54, 1.807) is 0 Å². The van der Waals surface area contributed by atoms with Crippen LogP contribution in [0.4, 0.5) is 11.9 Å². The average molecular weight is 314 g/mol. The summed E-state index contributed by atoms with van der Waals surface area (Å²) >= 11 is 6.11. The summed E-state index contributed by atoms with van der Waals surface area (Å²) < 4.78 is 10.9. The highest BCUT2D eigenvalue weighted by Crippen LogP contribution is 2.22. The van der Waals surface area contributed by atoms with Crippen LogP contribution in [-0.4, -0.2) is 66.6 Å². The standard InChI is InChI=1S/C13H20ClN5O2/c1-9-7-20-5-3-18(9)12-15-11(14)16-13(17-12)19-4-6-21-8-10(19)2/h9-10H,3-8H2,1-2H3/t9-,10-/m0/s1. The van der Waals surface area contributed by atoms with Crippen LogP contribution < -0.4 is 9.80 Å². The smallest absolute Gasteiger partial charge is 0.231 e. The highest BCUT2D eigenvalue weighted by Gasteiger charge is 2.26. The molecular weight excluding hydrogens is 294 g/mol. The molecule has 2 aliphatic rings. The Bertz CT molecular complexity index is 463. The Morgan fingerprint density at radius 2 is 1.38 bits per heavy atom. The van der Waals surface area contributed by atoms with E-state index >= 15 is 0 Å². The molecule has 0 aromatic carbocycles. The number of aromatic nitrogens is 3. The van der Waals surface area contributed by atoms with Gasteiger partial charge in [-0.2, -0.15) is 15.0 Å². The summed E-state index contributed by atoms with van der Waals surface area (Å²) in [5, 5.41) is 0.229. The Morgan fingerprint density at radius 3 is 1.81 bits per heavy atom. The molecule has 7 nitrogen and oxygen atoms in total. The van der Waals surface area contributed by atoms with Gasteiger partial charge < -0.3 is 19.3 Å². The van der Waals surface area contributed by atoms with Gasteiger partial charge in [-0.05, 0) is 25.4 Å². The largest absolute Gasteiger partial charge is 0.377 e. The molecule has 2 atom stereocenters. The lowest BCUT2D eigenvalue weighted by atomic mass is 10.2. The van der Waals surface area contributed by atoms with Gasteiger partial charge in [0.1, 0.15) is 0 Å². The van der Waals surface area contributed by atoms with E-state index in [1.165, 1.54) is 0 Å². The summed E-state index contributed by atoms with van der Waals surface area (Å²) in [7, 11) is 0. The summed E-state index contributed by atoms with van der Waals surface area (Å²) in [5.41, 5.74) is 0. The molecule has 0 radical (unpaired) electrons. The number of nitrogens with zero attached hydrogens (tertiary/aromatic N) is 5. The zero-order chi connectivity index (χ0) is 14.8. The molecule has 0 amide bonds. The molecule has 2 aliphatic heterocycles. The molecule has 0 spiro atoms. The number of hydrogen-bond acceptors (Lipinski definition) is 7. The second kappa shape index (κ2) is 6.29. The molecule has 2 saturated heterocycles. The summed E-state index contributed by atoms with van der Waals surface area (Å²) in [6, 6.07) is 0.458. The molecule has 116 valence electrons. The minimum absolute atomic E-state index is 0.229. The van der Waals surface area contributed by atoms with Gasteiger partial charge in [0.05, 0.1) is 38.5 Å². The molecule has 3 heterocycles. The Kier molecular flexibility index (Phi) is 4.42. The summed E-state index contributed by atoms with van der Waals surface area (Å²) in [6.07, 6.45) is 0. The average Bonchev–Trinajstić information content (AvgIpc) is 2.47. The first-order valence-electron chi connectivity index (χ1n) is 7.25. The maximum Gasteiger partial charge on any atom is 0.231 e. The van der Waals surface area contributed by atoms with Crippen molar-refractivity contribution in [3.63, 3.8) is 0 Å². The highest BCUT2D eigenvalue weighted by atomic mass is 35.5. The van der Waals surface area contributed by atoms with Gasteiger partial charge in [0.2, 0.25) is 17.2 Å². The zero-order valence-corrected chi connectivity index (χ0v) is 13.1. The SMILES string of the molecule is C[C@H]1COCCN1c1nc(Cl)nc(N2CCOC[C@@H]2C)n1. The number of halogens is 1. The van der Waals surface area contributed by atoms with Crippen LogP contribution in [0.5, 0.6) is 0 Å². The molecule has 1 aromatic heterocycles. The minimum atomic E-state index is 0.229. The first-order chi connectivity index (χ1) is 10.1. The molecule has 0 N–H and O–H groups in total. The van der Waals surface area contributed by atoms with E-state index in [0.29, 0.717) is 38.3 Å². The predicted octanol–water partition coefficient (Wildman–Crippen LogP) is 0.975. The molecule has 2 fully saturated rings. The van der Waals surface area contributed by atoms with Crippen LogP contribution >= 0.6 is 11.6 Å². The van der Waals surface area contributed by atoms with Gasteiger partial charge in [0.15, 0.2) is 0 Å². The molecule has 1 aromatic rings. The number of rotatable bonds is 2. The normalized spacial score (nSPS) is 27.0. The fourth-order valence-electron chi connectivity index (χ4n) is 2.63. The van der Waals surface area contributed by atoms with Crippen molar-refractivity contribution in [1.82, 2.24) is 15.0 Å². The lowest BCUT2D eigenvalue weighted by Crippen LogP contribution is -2.46. The number of morpholine rings is 2. The third-order valence-electron chi connectivity index (χ3n) is 3.83. The fraction of sp³-hybridized carbons (Fsp3) is 0.769. The van der Waals surface area contributed by atoms with Crippen molar-refractivity contribution in [2.24, 2.45) is 0 Å². The van der Waals surface area contributed by atoms with Crippen LogP contribution in [0.15, 0.2) is 0 Å². The van der Waals surface area contributed by atoms with Gasteiger partial charge in [0.25, 0.3) is 0 Å². The number of anilines is 2. The molecule has 0 unspecified atom stereocenters. The molecule has 3 rings (SSSR count). The second-order valence-corrected chi connectivity index (χ2v) is 5.78. The van der Waals surface area contributed by atoms with Crippen molar-refractivity contribution in [3.8, 4) is 0 Å². The molecule has 8 heteroatoms.